The van der Waals surface area contributed by atoms with Gasteiger partial charge in [0, 0.05) is 31.5 Å². The lowest BCUT2D eigenvalue weighted by Gasteiger charge is -2.35. The van der Waals surface area contributed by atoms with Crippen molar-refractivity contribution >= 4 is 23.6 Å². The van der Waals surface area contributed by atoms with Gasteiger partial charge in [0.1, 0.15) is 6.61 Å². The van der Waals surface area contributed by atoms with Gasteiger partial charge in [-0.15, -0.1) is 0 Å². The van der Waals surface area contributed by atoms with Crippen LogP contribution in [0.1, 0.15) is 52.1 Å². The summed E-state index contributed by atoms with van der Waals surface area (Å²) in [6, 6.07) is 6.22. The Hall–Kier alpha value is -2.87. The van der Waals surface area contributed by atoms with E-state index in [1.165, 1.54) is 7.11 Å². The number of rotatable bonds is 10. The maximum atomic E-state index is 12.9. The molecule has 8 nitrogen and oxygen atoms in total. The molecule has 170 valence electrons. The highest BCUT2D eigenvalue weighted by atomic mass is 16.6. The molecule has 0 aromatic heterocycles. The fraction of sp³-hybridized carbons (Fsp3) is 0.522. The Kier molecular flexibility index (Phi) is 9.05. The van der Waals surface area contributed by atoms with Crippen LogP contribution in [0.5, 0.6) is 0 Å². The molecule has 2 rings (SSSR count). The second-order valence-electron chi connectivity index (χ2n) is 7.93. The molecule has 1 aromatic carbocycles. The van der Waals surface area contributed by atoms with Crippen LogP contribution in [0.4, 0.5) is 10.5 Å². The molecule has 1 aromatic rings. The van der Waals surface area contributed by atoms with Crippen LogP contribution in [0.3, 0.4) is 0 Å². The number of hydrogen-bond acceptors (Lipinski definition) is 5. The smallest absolute Gasteiger partial charge is 0.338 e. The summed E-state index contributed by atoms with van der Waals surface area (Å²) in [7, 11) is 1.53. The van der Waals surface area contributed by atoms with Crippen molar-refractivity contribution in [3.8, 4) is 0 Å². The minimum atomic E-state index is -0.643. The van der Waals surface area contributed by atoms with Gasteiger partial charge in [0.2, 0.25) is 5.91 Å². The van der Waals surface area contributed by atoms with Crippen LogP contribution in [0.15, 0.2) is 35.5 Å². The van der Waals surface area contributed by atoms with Gasteiger partial charge in [0.15, 0.2) is 0 Å². The Morgan fingerprint density at radius 1 is 1.19 bits per heavy atom. The summed E-state index contributed by atoms with van der Waals surface area (Å²) in [5.74, 6) is -0.278. The van der Waals surface area contributed by atoms with E-state index in [0.717, 1.165) is 12.0 Å². The molecule has 0 saturated carbocycles. The van der Waals surface area contributed by atoms with E-state index >= 15 is 0 Å². The first-order valence-corrected chi connectivity index (χ1v) is 10.6. The largest absolute Gasteiger partial charge is 0.460 e. The number of nitrogens with zero attached hydrogens (tertiary/aromatic N) is 1. The molecule has 1 atom stereocenters. The van der Waals surface area contributed by atoms with E-state index in [0.29, 0.717) is 36.5 Å². The van der Waals surface area contributed by atoms with Crippen molar-refractivity contribution in [3.05, 3.63) is 41.1 Å². The van der Waals surface area contributed by atoms with Crippen LogP contribution >= 0.6 is 0 Å². The number of ether oxygens (including phenoxy) is 2. The molecule has 0 fully saturated rings. The molecule has 0 aliphatic carbocycles. The van der Waals surface area contributed by atoms with Gasteiger partial charge in [-0.05, 0) is 37.0 Å². The summed E-state index contributed by atoms with van der Waals surface area (Å²) in [6.07, 6.45) is 1.19. The SMILES string of the molecule is CCCN1C(=O)NC(c2ccc(NC(=O)CC(C)C)cc2)C(C(=O)OCCOC)=C1C. The Morgan fingerprint density at radius 2 is 1.87 bits per heavy atom. The third-order valence-corrected chi connectivity index (χ3v) is 4.91. The highest BCUT2D eigenvalue weighted by Crippen LogP contribution is 2.32. The maximum absolute atomic E-state index is 12.9. The molecular weight excluding hydrogens is 398 g/mol. The lowest BCUT2D eigenvalue weighted by molar-refractivity contribution is -0.141. The summed E-state index contributed by atoms with van der Waals surface area (Å²) in [4.78, 5) is 39.1. The van der Waals surface area contributed by atoms with Crippen molar-refractivity contribution in [2.75, 3.05) is 32.2 Å². The summed E-state index contributed by atoms with van der Waals surface area (Å²) in [5.41, 5.74) is 2.35. The lowest BCUT2D eigenvalue weighted by atomic mass is 9.94. The number of carbonyl (C=O) groups is 3. The number of carbonyl (C=O) groups excluding carboxylic acids is 3. The van der Waals surface area contributed by atoms with Crippen molar-refractivity contribution in [1.29, 1.82) is 0 Å². The zero-order chi connectivity index (χ0) is 23.0. The Labute approximate surface area is 184 Å². The fourth-order valence-electron chi connectivity index (χ4n) is 3.43. The molecule has 1 aliphatic heterocycles. The van der Waals surface area contributed by atoms with Gasteiger partial charge in [-0.3, -0.25) is 9.69 Å². The normalized spacial score (nSPS) is 16.4. The lowest BCUT2D eigenvalue weighted by Crippen LogP contribution is -2.48. The van der Waals surface area contributed by atoms with E-state index in [4.69, 9.17) is 9.47 Å². The molecule has 2 N–H and O–H groups in total. The number of urea groups is 1. The highest BCUT2D eigenvalue weighted by Gasteiger charge is 2.36. The second-order valence-corrected chi connectivity index (χ2v) is 7.93. The fourth-order valence-corrected chi connectivity index (χ4v) is 3.43. The molecule has 1 aliphatic rings. The molecule has 3 amide bonds. The number of nitrogens with one attached hydrogen (secondary N) is 2. The van der Waals surface area contributed by atoms with Gasteiger partial charge in [0.25, 0.3) is 0 Å². The molecule has 31 heavy (non-hydrogen) atoms. The number of methoxy groups -OCH3 is 1. The quantitative estimate of drug-likeness (QED) is 0.436. The van der Waals surface area contributed by atoms with E-state index in [1.807, 2.05) is 20.8 Å². The van der Waals surface area contributed by atoms with Crippen LogP contribution in [0, 0.1) is 5.92 Å². The number of esters is 1. The molecule has 1 unspecified atom stereocenters. The van der Waals surface area contributed by atoms with Gasteiger partial charge in [-0.1, -0.05) is 32.9 Å². The summed E-state index contributed by atoms with van der Waals surface area (Å²) < 4.78 is 10.3. The average molecular weight is 432 g/mol. The summed E-state index contributed by atoms with van der Waals surface area (Å²) in [6.45, 7) is 8.61. The highest BCUT2D eigenvalue weighted by molar-refractivity contribution is 5.95. The number of benzene rings is 1. The first-order valence-electron chi connectivity index (χ1n) is 10.6. The molecular formula is C23H33N3O5. The topological polar surface area (TPSA) is 97.0 Å². The third-order valence-electron chi connectivity index (χ3n) is 4.91. The Balaban J connectivity index is 2.29. The van der Waals surface area contributed by atoms with Gasteiger partial charge >= 0.3 is 12.0 Å². The molecule has 0 spiro atoms. The first kappa shape index (κ1) is 24.4. The zero-order valence-corrected chi connectivity index (χ0v) is 19.0. The number of hydrogen-bond donors (Lipinski definition) is 2. The zero-order valence-electron chi connectivity index (χ0n) is 19.0. The maximum Gasteiger partial charge on any atom is 0.338 e. The van der Waals surface area contributed by atoms with Crippen LogP contribution in [-0.4, -0.2) is 49.7 Å². The van der Waals surface area contributed by atoms with Gasteiger partial charge < -0.3 is 20.1 Å². The van der Waals surface area contributed by atoms with E-state index in [1.54, 1.807) is 36.1 Å². The van der Waals surface area contributed by atoms with E-state index in [2.05, 4.69) is 10.6 Å². The molecule has 0 radical (unpaired) electrons. The second kappa shape index (κ2) is 11.5. The number of anilines is 1. The van der Waals surface area contributed by atoms with E-state index in [-0.39, 0.29) is 24.5 Å². The van der Waals surface area contributed by atoms with Crippen molar-refractivity contribution < 1.29 is 23.9 Å². The first-order chi connectivity index (χ1) is 14.8. The average Bonchev–Trinajstić information content (AvgIpc) is 2.70. The third kappa shape index (κ3) is 6.55. The predicted octanol–water partition coefficient (Wildman–Crippen LogP) is 3.61. The van der Waals surface area contributed by atoms with Crippen LogP contribution in [0.25, 0.3) is 0 Å². The molecule has 0 saturated heterocycles. The van der Waals surface area contributed by atoms with Crippen molar-refractivity contribution in [3.63, 3.8) is 0 Å². The molecule has 1 heterocycles. The van der Waals surface area contributed by atoms with Crippen molar-refractivity contribution in [1.82, 2.24) is 10.2 Å². The Morgan fingerprint density at radius 3 is 2.45 bits per heavy atom. The Bertz CT molecular complexity index is 817. The van der Waals surface area contributed by atoms with E-state index < -0.39 is 12.0 Å². The summed E-state index contributed by atoms with van der Waals surface area (Å²) in [5, 5.41) is 5.78. The van der Waals surface area contributed by atoms with E-state index in [9.17, 15) is 14.4 Å². The van der Waals surface area contributed by atoms with Gasteiger partial charge in [0.05, 0.1) is 18.2 Å². The van der Waals surface area contributed by atoms with Crippen LogP contribution in [0.2, 0.25) is 0 Å². The summed E-state index contributed by atoms with van der Waals surface area (Å²) >= 11 is 0. The number of allylic oxidation sites excluding steroid dienone is 1. The van der Waals surface area contributed by atoms with Gasteiger partial charge in [-0.2, -0.15) is 0 Å². The standard InChI is InChI=1S/C23H33N3O5/c1-6-11-26-16(4)20(22(28)31-13-12-30-5)21(25-23(26)29)17-7-9-18(10-8-17)24-19(27)14-15(2)3/h7-10,15,21H,6,11-14H2,1-5H3,(H,24,27)(H,25,29). The predicted molar refractivity (Wildman–Crippen MR) is 118 cm³/mol. The number of amides is 3. The van der Waals surface area contributed by atoms with Crippen molar-refractivity contribution in [2.24, 2.45) is 5.92 Å². The monoisotopic (exact) mass is 431 g/mol. The van der Waals surface area contributed by atoms with Crippen LogP contribution < -0.4 is 10.6 Å². The minimum absolute atomic E-state index is 0.0536. The minimum Gasteiger partial charge on any atom is -0.460 e. The van der Waals surface area contributed by atoms with Crippen molar-refractivity contribution in [2.45, 2.75) is 46.6 Å². The van der Waals surface area contributed by atoms with Gasteiger partial charge in [-0.25, -0.2) is 9.59 Å². The van der Waals surface area contributed by atoms with Crippen LogP contribution in [-0.2, 0) is 19.1 Å². The molecule has 8 heteroatoms. The molecule has 0 bridgehead atoms.